The smallest absolute Gasteiger partial charge is 0.220 e. The van der Waals surface area contributed by atoms with Crippen LogP contribution in [0.25, 0.3) is 0 Å². The molecule has 0 bridgehead atoms. The van der Waals surface area contributed by atoms with Crippen LogP contribution < -0.4 is 5.73 Å². The molecule has 2 N–H and O–H groups in total. The lowest BCUT2D eigenvalue weighted by Gasteiger charge is -2.13. The van der Waals surface area contributed by atoms with E-state index in [1.807, 2.05) is 0 Å². The summed E-state index contributed by atoms with van der Waals surface area (Å²) in [5.74, 6) is 6.62. The largest absolute Gasteiger partial charge is 0.369 e. The molecule has 1 unspecified atom stereocenters. The summed E-state index contributed by atoms with van der Waals surface area (Å²) in [7, 11) is 0. The highest BCUT2D eigenvalue weighted by Crippen LogP contribution is 2.19. The van der Waals surface area contributed by atoms with Gasteiger partial charge in [-0.1, -0.05) is 70.6 Å². The molecule has 0 heterocycles. The maximum atomic E-state index is 11.5. The topological polar surface area (TPSA) is 43.1 Å². The molecule has 1 rings (SSSR count). The van der Waals surface area contributed by atoms with Crippen LogP contribution in [0.2, 0.25) is 0 Å². The number of carbonyl (C=O) groups is 1. The maximum absolute atomic E-state index is 11.5. The molecule has 1 aliphatic rings. The van der Waals surface area contributed by atoms with Crippen molar-refractivity contribution in [2.24, 2.45) is 11.7 Å². The fourth-order valence-electron chi connectivity index (χ4n) is 3.40. The Morgan fingerprint density at radius 1 is 0.609 bits per heavy atom. The zero-order chi connectivity index (χ0) is 16.6. The molecule has 2 heteroatoms. The van der Waals surface area contributed by atoms with Gasteiger partial charge in [0.2, 0.25) is 5.91 Å². The monoisotopic (exact) mass is 319 g/mol. The molecule has 0 aliphatic heterocycles. The summed E-state index contributed by atoms with van der Waals surface area (Å²) in [5.41, 5.74) is 5.56. The van der Waals surface area contributed by atoms with E-state index in [2.05, 4.69) is 11.8 Å². The van der Waals surface area contributed by atoms with Crippen LogP contribution in [0.1, 0.15) is 109 Å². The highest BCUT2D eigenvalue weighted by atomic mass is 16.1. The fraction of sp³-hybridized carbons (Fsp3) is 0.857. The van der Waals surface area contributed by atoms with E-state index in [1.165, 1.54) is 77.0 Å². The van der Waals surface area contributed by atoms with Gasteiger partial charge in [-0.05, 0) is 25.7 Å². The van der Waals surface area contributed by atoms with Crippen molar-refractivity contribution in [1.29, 1.82) is 0 Å². The molecular formula is C21H37NO. The molecule has 0 aromatic carbocycles. The first-order chi connectivity index (χ1) is 11.3. The molecule has 0 aromatic rings. The molecule has 1 aliphatic carbocycles. The molecule has 0 saturated heterocycles. The van der Waals surface area contributed by atoms with Crippen LogP contribution in [-0.4, -0.2) is 5.91 Å². The van der Waals surface area contributed by atoms with Crippen LogP contribution in [-0.2, 0) is 4.79 Å². The Balaban J connectivity index is 2.29. The van der Waals surface area contributed by atoms with Gasteiger partial charge in [0.05, 0.1) is 0 Å². The summed E-state index contributed by atoms with van der Waals surface area (Å²) in [6.45, 7) is 0. The summed E-state index contributed by atoms with van der Waals surface area (Å²) in [6, 6.07) is 0. The third kappa shape index (κ3) is 12.2. The van der Waals surface area contributed by atoms with Crippen LogP contribution in [0.4, 0.5) is 0 Å². The first-order valence-corrected chi connectivity index (χ1v) is 10.1. The van der Waals surface area contributed by atoms with Crippen LogP contribution in [0, 0.1) is 17.8 Å². The van der Waals surface area contributed by atoms with Crippen molar-refractivity contribution >= 4 is 5.91 Å². The first-order valence-electron chi connectivity index (χ1n) is 10.1. The second-order valence-electron chi connectivity index (χ2n) is 7.13. The van der Waals surface area contributed by atoms with E-state index in [-0.39, 0.29) is 11.8 Å². The van der Waals surface area contributed by atoms with Crippen molar-refractivity contribution in [3.63, 3.8) is 0 Å². The third-order valence-electron chi connectivity index (χ3n) is 4.99. The van der Waals surface area contributed by atoms with Crippen LogP contribution in [0.3, 0.4) is 0 Å². The van der Waals surface area contributed by atoms with Crippen molar-refractivity contribution in [3.05, 3.63) is 0 Å². The van der Waals surface area contributed by atoms with Gasteiger partial charge in [-0.2, -0.15) is 0 Å². The van der Waals surface area contributed by atoms with E-state index in [1.54, 1.807) is 0 Å². The number of hydrogen-bond donors (Lipinski definition) is 1. The predicted molar refractivity (Wildman–Crippen MR) is 98.9 cm³/mol. The minimum Gasteiger partial charge on any atom is -0.369 e. The normalized spacial score (nSPS) is 24.1. The van der Waals surface area contributed by atoms with Crippen molar-refractivity contribution in [3.8, 4) is 11.8 Å². The van der Waals surface area contributed by atoms with E-state index < -0.39 is 0 Å². The Morgan fingerprint density at radius 2 is 0.957 bits per heavy atom. The SMILES string of the molecule is NC(=O)C1CCCCCC#CCCCCCCCCCCCC1. The van der Waals surface area contributed by atoms with E-state index >= 15 is 0 Å². The molecule has 1 atom stereocenters. The zero-order valence-corrected chi connectivity index (χ0v) is 15.1. The van der Waals surface area contributed by atoms with Gasteiger partial charge in [0.1, 0.15) is 0 Å². The Hall–Kier alpha value is -0.970. The van der Waals surface area contributed by atoms with Crippen molar-refractivity contribution in [2.75, 3.05) is 0 Å². The van der Waals surface area contributed by atoms with Crippen molar-refractivity contribution < 1.29 is 4.79 Å². The zero-order valence-electron chi connectivity index (χ0n) is 15.1. The van der Waals surface area contributed by atoms with E-state index in [9.17, 15) is 4.79 Å². The molecular weight excluding hydrogens is 282 g/mol. The summed E-state index contributed by atoms with van der Waals surface area (Å²) < 4.78 is 0. The van der Waals surface area contributed by atoms with Gasteiger partial charge in [-0.3, -0.25) is 4.79 Å². The molecule has 2 nitrogen and oxygen atoms in total. The van der Waals surface area contributed by atoms with Crippen LogP contribution in [0.5, 0.6) is 0 Å². The van der Waals surface area contributed by atoms with Gasteiger partial charge in [0, 0.05) is 18.8 Å². The lowest BCUT2D eigenvalue weighted by atomic mass is 9.93. The van der Waals surface area contributed by atoms with Gasteiger partial charge in [0.15, 0.2) is 0 Å². The molecule has 0 radical (unpaired) electrons. The number of hydrogen-bond acceptors (Lipinski definition) is 1. The maximum Gasteiger partial charge on any atom is 0.220 e. The molecule has 0 saturated carbocycles. The van der Waals surface area contributed by atoms with E-state index in [4.69, 9.17) is 5.73 Å². The number of nitrogens with two attached hydrogens (primary N) is 1. The fourth-order valence-corrected chi connectivity index (χ4v) is 3.40. The molecule has 1 amide bonds. The summed E-state index contributed by atoms with van der Waals surface area (Å²) in [6.07, 6.45) is 20.8. The van der Waals surface area contributed by atoms with Gasteiger partial charge >= 0.3 is 0 Å². The molecule has 0 fully saturated rings. The number of rotatable bonds is 1. The molecule has 0 aromatic heterocycles. The van der Waals surface area contributed by atoms with Crippen LogP contribution in [0.15, 0.2) is 0 Å². The molecule has 0 spiro atoms. The summed E-state index contributed by atoms with van der Waals surface area (Å²) in [4.78, 5) is 11.5. The second-order valence-corrected chi connectivity index (χ2v) is 7.13. The lowest BCUT2D eigenvalue weighted by molar-refractivity contribution is -0.122. The predicted octanol–water partition coefficient (Wildman–Crippen LogP) is 5.74. The Kier molecular flexibility index (Phi) is 12.8. The quantitative estimate of drug-likeness (QED) is 0.616. The first kappa shape index (κ1) is 20.1. The Labute approximate surface area is 144 Å². The molecule has 132 valence electrons. The van der Waals surface area contributed by atoms with Gasteiger partial charge < -0.3 is 5.73 Å². The minimum absolute atomic E-state index is 0.0908. The van der Waals surface area contributed by atoms with Crippen molar-refractivity contribution in [1.82, 2.24) is 0 Å². The standard InChI is InChI=1S/C21H37NO/c22-21(23)20-18-16-14-12-10-8-6-4-2-1-3-5-7-9-11-13-15-17-19-20/h20H,1-6,8,10-19H2,(H2,22,23). The second kappa shape index (κ2) is 14.6. The lowest BCUT2D eigenvalue weighted by Crippen LogP contribution is -2.23. The Morgan fingerprint density at radius 3 is 1.39 bits per heavy atom. The highest BCUT2D eigenvalue weighted by Gasteiger charge is 2.14. The average Bonchev–Trinajstić information content (AvgIpc) is 2.53. The van der Waals surface area contributed by atoms with Gasteiger partial charge in [-0.25, -0.2) is 0 Å². The van der Waals surface area contributed by atoms with Gasteiger partial charge in [0.25, 0.3) is 0 Å². The average molecular weight is 320 g/mol. The number of primary amides is 1. The number of carbonyl (C=O) groups excluding carboxylic acids is 1. The number of amides is 1. The summed E-state index contributed by atoms with van der Waals surface area (Å²) in [5, 5.41) is 0. The minimum atomic E-state index is -0.0908. The van der Waals surface area contributed by atoms with E-state index in [0.717, 1.165) is 32.1 Å². The third-order valence-corrected chi connectivity index (χ3v) is 4.99. The Bertz CT molecular complexity index is 353. The highest BCUT2D eigenvalue weighted by molar-refractivity contribution is 5.76. The molecule has 23 heavy (non-hydrogen) atoms. The summed E-state index contributed by atoms with van der Waals surface area (Å²) >= 11 is 0. The van der Waals surface area contributed by atoms with Crippen LogP contribution >= 0.6 is 0 Å². The van der Waals surface area contributed by atoms with Gasteiger partial charge in [-0.15, -0.1) is 11.8 Å². The van der Waals surface area contributed by atoms with E-state index in [0.29, 0.717) is 0 Å². The van der Waals surface area contributed by atoms with Crippen molar-refractivity contribution in [2.45, 2.75) is 109 Å².